The van der Waals surface area contributed by atoms with Crippen LogP contribution in [-0.4, -0.2) is 40.6 Å². The van der Waals surface area contributed by atoms with E-state index in [4.69, 9.17) is 5.73 Å². The van der Waals surface area contributed by atoms with Crippen LogP contribution in [-0.2, 0) is 0 Å². The van der Waals surface area contributed by atoms with Crippen LogP contribution in [0.3, 0.4) is 0 Å². The predicted molar refractivity (Wildman–Crippen MR) is 110 cm³/mol. The molecule has 3 aromatic rings. The van der Waals surface area contributed by atoms with Gasteiger partial charge in [0, 0.05) is 35.8 Å². The SMILES string of the molecule is CN/C(C)=C(\N)c1ccn2c(-c3cccc(NC(O)NCC(F)(F)F)c3)cnc2c1. The smallest absolute Gasteiger partial charge is 0.397 e. The average Bonchev–Trinajstić information content (AvgIpc) is 3.14. The van der Waals surface area contributed by atoms with E-state index in [0.717, 1.165) is 22.5 Å². The van der Waals surface area contributed by atoms with E-state index in [9.17, 15) is 18.3 Å². The molecule has 7 nitrogen and oxygen atoms in total. The molecule has 1 atom stereocenters. The zero-order valence-electron chi connectivity index (χ0n) is 16.5. The Morgan fingerprint density at radius 1 is 1.27 bits per heavy atom. The predicted octanol–water partition coefficient (Wildman–Crippen LogP) is 2.71. The number of aliphatic hydroxyl groups is 1. The van der Waals surface area contributed by atoms with Crippen LogP contribution in [0, 0.1) is 0 Å². The van der Waals surface area contributed by atoms with Crippen molar-refractivity contribution in [1.29, 1.82) is 0 Å². The van der Waals surface area contributed by atoms with Gasteiger partial charge in [0.25, 0.3) is 0 Å². The van der Waals surface area contributed by atoms with Crippen LogP contribution >= 0.6 is 0 Å². The van der Waals surface area contributed by atoms with Gasteiger partial charge in [0.15, 0.2) is 6.35 Å². The maximum Gasteiger partial charge on any atom is 0.401 e. The first kappa shape index (κ1) is 21.5. The van der Waals surface area contributed by atoms with Crippen molar-refractivity contribution in [3.05, 3.63) is 60.1 Å². The Morgan fingerprint density at radius 2 is 2.03 bits per heavy atom. The first-order chi connectivity index (χ1) is 14.2. The third kappa shape index (κ3) is 5.02. The Kier molecular flexibility index (Phi) is 6.18. The lowest BCUT2D eigenvalue weighted by Gasteiger charge is -2.17. The lowest BCUT2D eigenvalue weighted by atomic mass is 10.1. The van der Waals surface area contributed by atoms with Crippen molar-refractivity contribution >= 4 is 17.0 Å². The van der Waals surface area contributed by atoms with Gasteiger partial charge in [0.2, 0.25) is 0 Å². The fourth-order valence-corrected chi connectivity index (χ4v) is 2.90. The number of benzene rings is 1. The third-order valence-corrected chi connectivity index (χ3v) is 4.56. The molecule has 2 heterocycles. The summed E-state index contributed by atoms with van der Waals surface area (Å²) in [6, 6.07) is 10.7. The number of nitrogens with two attached hydrogens (primary N) is 1. The fourth-order valence-electron chi connectivity index (χ4n) is 2.90. The Balaban J connectivity index is 1.83. The van der Waals surface area contributed by atoms with Crippen LogP contribution in [0.1, 0.15) is 12.5 Å². The molecule has 0 fully saturated rings. The fraction of sp³-hybridized carbons (Fsp3) is 0.250. The van der Waals surface area contributed by atoms with Gasteiger partial charge in [0.1, 0.15) is 5.65 Å². The second-order valence-corrected chi connectivity index (χ2v) is 6.70. The number of anilines is 1. The molecule has 0 aliphatic rings. The van der Waals surface area contributed by atoms with Gasteiger partial charge < -0.3 is 21.5 Å². The largest absolute Gasteiger partial charge is 0.401 e. The summed E-state index contributed by atoms with van der Waals surface area (Å²) in [5.41, 5.74) is 11.2. The summed E-state index contributed by atoms with van der Waals surface area (Å²) in [4.78, 5) is 4.43. The van der Waals surface area contributed by atoms with Crippen molar-refractivity contribution in [3.8, 4) is 11.3 Å². The zero-order valence-corrected chi connectivity index (χ0v) is 16.5. The Labute approximate surface area is 171 Å². The Bertz CT molecular complexity index is 1060. The minimum Gasteiger partial charge on any atom is -0.397 e. The molecule has 1 unspecified atom stereocenters. The van der Waals surface area contributed by atoms with E-state index >= 15 is 0 Å². The maximum atomic E-state index is 12.3. The molecular formula is C20H23F3N6O. The summed E-state index contributed by atoms with van der Waals surface area (Å²) in [6.07, 6.45) is -2.41. The van der Waals surface area contributed by atoms with E-state index in [0.29, 0.717) is 17.0 Å². The highest BCUT2D eigenvalue weighted by atomic mass is 19.4. The van der Waals surface area contributed by atoms with Gasteiger partial charge in [-0.2, -0.15) is 13.2 Å². The third-order valence-electron chi connectivity index (χ3n) is 4.56. The second-order valence-electron chi connectivity index (χ2n) is 6.70. The highest BCUT2D eigenvalue weighted by molar-refractivity contribution is 5.72. The topological polar surface area (TPSA) is 99.6 Å². The summed E-state index contributed by atoms with van der Waals surface area (Å²) in [7, 11) is 1.80. The second kappa shape index (κ2) is 8.64. The maximum absolute atomic E-state index is 12.3. The van der Waals surface area contributed by atoms with Gasteiger partial charge in [-0.05, 0) is 31.2 Å². The first-order valence-corrected chi connectivity index (χ1v) is 9.14. The zero-order chi connectivity index (χ0) is 21.9. The van der Waals surface area contributed by atoms with Gasteiger partial charge in [-0.15, -0.1) is 0 Å². The lowest BCUT2D eigenvalue weighted by molar-refractivity contribution is -0.130. The molecule has 10 heteroatoms. The van der Waals surface area contributed by atoms with Crippen LogP contribution in [0.2, 0.25) is 0 Å². The van der Waals surface area contributed by atoms with Crippen molar-refractivity contribution in [3.63, 3.8) is 0 Å². The van der Waals surface area contributed by atoms with Crippen LogP contribution in [0.25, 0.3) is 22.6 Å². The molecule has 0 aliphatic heterocycles. The average molecular weight is 420 g/mol. The summed E-state index contributed by atoms with van der Waals surface area (Å²) >= 11 is 0. The highest BCUT2D eigenvalue weighted by Gasteiger charge is 2.27. The normalized spacial score (nSPS) is 13.8. The number of allylic oxidation sites excluding steroid dienone is 1. The molecule has 0 saturated heterocycles. The molecule has 0 amide bonds. The Morgan fingerprint density at radius 3 is 2.73 bits per heavy atom. The molecule has 2 aromatic heterocycles. The first-order valence-electron chi connectivity index (χ1n) is 9.14. The summed E-state index contributed by atoms with van der Waals surface area (Å²) in [5, 5.41) is 17.3. The lowest BCUT2D eigenvalue weighted by Crippen LogP contribution is -2.41. The number of nitrogens with one attached hydrogen (secondary N) is 3. The summed E-state index contributed by atoms with van der Waals surface area (Å²) < 4.78 is 38.7. The Hall–Kier alpha value is -3.24. The minimum atomic E-state index is -4.41. The number of nitrogens with zero attached hydrogens (tertiary/aromatic N) is 2. The van der Waals surface area contributed by atoms with Crippen molar-refractivity contribution in [1.82, 2.24) is 20.0 Å². The number of pyridine rings is 1. The van der Waals surface area contributed by atoms with E-state index in [1.807, 2.05) is 41.0 Å². The van der Waals surface area contributed by atoms with Crippen molar-refractivity contribution in [2.75, 3.05) is 18.9 Å². The molecule has 160 valence electrons. The van der Waals surface area contributed by atoms with Gasteiger partial charge in [-0.3, -0.25) is 9.72 Å². The van der Waals surface area contributed by atoms with Gasteiger partial charge in [0.05, 0.1) is 24.1 Å². The number of alkyl halides is 3. The molecule has 0 saturated carbocycles. The van der Waals surface area contributed by atoms with E-state index in [-0.39, 0.29) is 0 Å². The number of aromatic nitrogens is 2. The van der Waals surface area contributed by atoms with Crippen molar-refractivity contribution in [2.24, 2.45) is 5.73 Å². The monoisotopic (exact) mass is 420 g/mol. The van der Waals surface area contributed by atoms with Crippen molar-refractivity contribution < 1.29 is 18.3 Å². The molecule has 1 aromatic carbocycles. The summed E-state index contributed by atoms with van der Waals surface area (Å²) in [6.45, 7) is 0.577. The molecule has 3 rings (SSSR count). The van der Waals surface area contributed by atoms with E-state index in [1.54, 1.807) is 31.4 Å². The summed E-state index contributed by atoms with van der Waals surface area (Å²) in [5.74, 6) is 0. The van der Waals surface area contributed by atoms with Gasteiger partial charge >= 0.3 is 6.18 Å². The number of halogens is 3. The molecule has 0 spiro atoms. The van der Waals surface area contributed by atoms with Gasteiger partial charge in [-0.25, -0.2) is 4.98 Å². The minimum absolute atomic E-state index is 0.457. The van der Waals surface area contributed by atoms with Crippen LogP contribution < -0.4 is 21.7 Å². The molecule has 0 aliphatic carbocycles. The van der Waals surface area contributed by atoms with E-state index in [2.05, 4.69) is 15.6 Å². The standard InChI is InChI=1S/C20H23F3N6O/c1-12(25-2)18(24)14-6-7-29-16(10-26-17(29)9-14)13-4-3-5-15(8-13)28-19(30)27-11-20(21,22)23/h3-10,19,25,27-28,30H,11,24H2,1-2H3/b18-12-. The quantitative estimate of drug-likeness (QED) is 0.377. The number of hydrogen-bond donors (Lipinski definition) is 5. The van der Waals surface area contributed by atoms with Gasteiger partial charge in [-0.1, -0.05) is 12.1 Å². The molecule has 0 bridgehead atoms. The number of rotatable bonds is 7. The highest BCUT2D eigenvalue weighted by Crippen LogP contribution is 2.25. The van der Waals surface area contributed by atoms with Crippen LogP contribution in [0.15, 0.2) is 54.5 Å². The number of imidazole rings is 1. The molecular weight excluding hydrogens is 397 g/mol. The number of aliphatic hydroxyl groups excluding tert-OH is 1. The number of hydrogen-bond acceptors (Lipinski definition) is 6. The van der Waals surface area contributed by atoms with Crippen molar-refractivity contribution in [2.45, 2.75) is 19.5 Å². The van der Waals surface area contributed by atoms with E-state index in [1.165, 1.54) is 0 Å². The number of fused-ring (bicyclic) bond motifs is 1. The molecule has 30 heavy (non-hydrogen) atoms. The van der Waals surface area contributed by atoms with Crippen LogP contribution in [0.5, 0.6) is 0 Å². The molecule has 0 radical (unpaired) electrons. The van der Waals surface area contributed by atoms with E-state index < -0.39 is 19.1 Å². The van der Waals surface area contributed by atoms with Crippen LogP contribution in [0.4, 0.5) is 18.9 Å². The molecule has 6 N–H and O–H groups in total.